The van der Waals surface area contributed by atoms with Crippen molar-refractivity contribution in [2.75, 3.05) is 36.4 Å². The number of likely N-dealkylation sites (tertiary alicyclic amines) is 1. The van der Waals surface area contributed by atoms with E-state index in [1.807, 2.05) is 0 Å². The molecule has 12 heteroatoms. The van der Waals surface area contributed by atoms with Crippen LogP contribution in [0.2, 0.25) is 0 Å². The molecule has 8 nitrogen and oxygen atoms in total. The van der Waals surface area contributed by atoms with Gasteiger partial charge in [0.05, 0.1) is 28.9 Å². The lowest BCUT2D eigenvalue weighted by atomic mass is 9.90. The van der Waals surface area contributed by atoms with E-state index in [0.717, 1.165) is 12.1 Å². The van der Waals surface area contributed by atoms with Crippen molar-refractivity contribution >= 4 is 22.8 Å². The van der Waals surface area contributed by atoms with E-state index in [0.29, 0.717) is 61.8 Å². The maximum absolute atomic E-state index is 13.3. The number of hydrogen-bond donors (Lipinski definition) is 2. The maximum atomic E-state index is 13.3. The number of aliphatic hydroxyl groups excluding tert-OH is 1. The van der Waals surface area contributed by atoms with Crippen molar-refractivity contribution in [1.82, 2.24) is 24.6 Å². The number of hydrogen-bond acceptors (Lipinski definition) is 7. The first-order valence-corrected chi connectivity index (χ1v) is 11.3. The average Bonchev–Trinajstić information content (AvgIpc) is 3.14. The monoisotopic (exact) mass is 477 g/mol. The van der Waals surface area contributed by atoms with Crippen molar-refractivity contribution in [1.29, 1.82) is 0 Å². The number of halogens is 4. The van der Waals surface area contributed by atoms with Crippen molar-refractivity contribution in [2.45, 2.75) is 43.4 Å². The van der Waals surface area contributed by atoms with Crippen LogP contribution in [0.3, 0.4) is 0 Å². The molecule has 2 saturated heterocycles. The molecule has 0 radical (unpaired) electrons. The van der Waals surface area contributed by atoms with Crippen LogP contribution in [-0.4, -0.2) is 80.3 Å². The molecular weight excluding hydrogens is 454 g/mol. The Bertz CT molecular complexity index is 1210. The second-order valence-corrected chi connectivity index (χ2v) is 9.29. The zero-order valence-electron chi connectivity index (χ0n) is 18.1. The zero-order chi connectivity index (χ0) is 23.6. The van der Waals surface area contributed by atoms with Crippen molar-refractivity contribution < 1.29 is 22.7 Å². The summed E-state index contributed by atoms with van der Waals surface area (Å²) >= 11 is 0. The van der Waals surface area contributed by atoms with Crippen LogP contribution >= 0.6 is 0 Å². The maximum Gasteiger partial charge on any atom is 0.416 e. The first-order chi connectivity index (χ1) is 16.2. The van der Waals surface area contributed by atoms with Gasteiger partial charge in [-0.15, -0.1) is 0 Å². The average molecular weight is 477 g/mol. The minimum Gasteiger partial charge on any atom is -0.393 e. The number of anilines is 2. The lowest BCUT2D eigenvalue weighted by molar-refractivity contribution is -0.137. The van der Waals surface area contributed by atoms with Gasteiger partial charge < -0.3 is 15.3 Å². The Labute approximate surface area is 192 Å². The quantitative estimate of drug-likeness (QED) is 0.547. The molecule has 0 unspecified atom stereocenters. The van der Waals surface area contributed by atoms with Crippen LogP contribution in [0.25, 0.3) is 16.7 Å². The van der Waals surface area contributed by atoms with Crippen LogP contribution in [0.4, 0.5) is 29.3 Å². The summed E-state index contributed by atoms with van der Waals surface area (Å²) in [6, 6.07) is 5.22. The lowest BCUT2D eigenvalue weighted by Gasteiger charge is -2.50. The predicted octanol–water partition coefficient (Wildman–Crippen LogP) is 2.61. The molecule has 180 valence electrons. The van der Waals surface area contributed by atoms with Crippen LogP contribution in [-0.2, 0) is 6.18 Å². The number of fused-ring (bicyclic) bond motifs is 1. The van der Waals surface area contributed by atoms with Gasteiger partial charge in [-0.3, -0.25) is 4.90 Å². The fraction of sp³-hybridized carbons (Fsp3) is 0.500. The summed E-state index contributed by atoms with van der Waals surface area (Å²) in [6.07, 6.45) is -2.87. The summed E-state index contributed by atoms with van der Waals surface area (Å²) in [5.74, 6) is 0.975. The fourth-order valence-corrected chi connectivity index (χ4v) is 4.70. The highest BCUT2D eigenvalue weighted by Gasteiger charge is 2.40. The molecule has 0 atom stereocenters. The molecule has 0 spiro atoms. The number of aliphatic hydroxyl groups is 1. The van der Waals surface area contributed by atoms with E-state index in [-0.39, 0.29) is 23.9 Å². The van der Waals surface area contributed by atoms with Gasteiger partial charge in [-0.05, 0) is 31.0 Å². The Morgan fingerprint density at radius 2 is 1.82 bits per heavy atom. The Kier molecular flexibility index (Phi) is 4.92. The zero-order valence-corrected chi connectivity index (χ0v) is 18.1. The van der Waals surface area contributed by atoms with Crippen LogP contribution in [0.1, 0.15) is 18.4 Å². The van der Waals surface area contributed by atoms with Gasteiger partial charge in [0.2, 0.25) is 5.95 Å². The summed E-state index contributed by atoms with van der Waals surface area (Å²) < 4.78 is 54.4. The van der Waals surface area contributed by atoms with Crippen LogP contribution in [0, 0.1) is 0 Å². The molecule has 4 heterocycles. The highest BCUT2D eigenvalue weighted by molar-refractivity contribution is 5.89. The van der Waals surface area contributed by atoms with Gasteiger partial charge in [0, 0.05) is 38.3 Å². The summed E-state index contributed by atoms with van der Waals surface area (Å²) in [5.41, 5.74) is -0.130. The van der Waals surface area contributed by atoms with E-state index in [1.165, 1.54) is 10.7 Å². The van der Waals surface area contributed by atoms with Gasteiger partial charge >= 0.3 is 6.18 Å². The van der Waals surface area contributed by atoms with Gasteiger partial charge in [-0.25, -0.2) is 9.07 Å². The van der Waals surface area contributed by atoms with E-state index in [1.54, 1.807) is 12.3 Å². The minimum absolute atomic E-state index is 0.0249. The minimum atomic E-state index is -4.47. The first kappa shape index (κ1) is 21.5. The molecule has 3 aromatic rings. The smallest absolute Gasteiger partial charge is 0.393 e. The molecule has 3 aliphatic rings. The Balaban J connectivity index is 1.35. The van der Waals surface area contributed by atoms with Gasteiger partial charge in [-0.2, -0.15) is 28.2 Å². The van der Waals surface area contributed by atoms with Crippen LogP contribution < -0.4 is 10.2 Å². The van der Waals surface area contributed by atoms with E-state index in [2.05, 4.69) is 30.2 Å². The van der Waals surface area contributed by atoms with Crippen molar-refractivity contribution in [2.24, 2.45) is 0 Å². The SMILES string of the molecule is OC1CC(Nc2nc(N3CC(N4CC(F)C4)C3)c3cnn(-c4cccc(C(F)(F)F)c4)c3n2)C1. The molecule has 34 heavy (non-hydrogen) atoms. The predicted molar refractivity (Wildman–Crippen MR) is 117 cm³/mol. The van der Waals surface area contributed by atoms with E-state index < -0.39 is 17.9 Å². The summed E-state index contributed by atoms with van der Waals surface area (Å²) in [7, 11) is 0. The molecule has 0 amide bonds. The summed E-state index contributed by atoms with van der Waals surface area (Å²) in [5, 5.41) is 17.8. The molecular formula is C22H23F4N7O. The third-order valence-electron chi connectivity index (χ3n) is 6.82. The normalized spacial score (nSPS) is 24.1. The van der Waals surface area contributed by atoms with Crippen molar-refractivity contribution in [3.63, 3.8) is 0 Å². The molecule has 1 saturated carbocycles. The highest BCUT2D eigenvalue weighted by atomic mass is 19.4. The molecule has 2 N–H and O–H groups in total. The topological polar surface area (TPSA) is 82.3 Å². The molecule has 3 fully saturated rings. The highest BCUT2D eigenvalue weighted by Crippen LogP contribution is 2.35. The lowest BCUT2D eigenvalue weighted by Crippen LogP contribution is -2.66. The van der Waals surface area contributed by atoms with Crippen LogP contribution in [0.15, 0.2) is 30.5 Å². The Hall–Kier alpha value is -2.99. The summed E-state index contributed by atoms with van der Waals surface area (Å²) in [6.45, 7) is 2.24. The molecule has 1 aliphatic carbocycles. The number of aromatic nitrogens is 4. The Morgan fingerprint density at radius 3 is 2.50 bits per heavy atom. The van der Waals surface area contributed by atoms with E-state index in [4.69, 9.17) is 0 Å². The van der Waals surface area contributed by atoms with Gasteiger partial charge in [0.25, 0.3) is 0 Å². The number of alkyl halides is 4. The summed E-state index contributed by atoms with van der Waals surface area (Å²) in [4.78, 5) is 13.4. The standard InChI is InChI=1S/C22H23F4N7O/c23-13-8-31(9-13)16-10-32(11-16)19-18-7-27-33(15-3-1-2-12(4-15)22(24,25)26)20(18)30-21(29-19)28-14-5-17(34)6-14/h1-4,7,13-14,16-17,34H,5-6,8-11H2,(H,28,29,30). The second kappa shape index (κ2) is 7.77. The third-order valence-corrected chi connectivity index (χ3v) is 6.82. The molecule has 1 aromatic carbocycles. The van der Waals surface area contributed by atoms with Crippen molar-refractivity contribution in [3.8, 4) is 5.69 Å². The van der Waals surface area contributed by atoms with Gasteiger partial charge in [0.15, 0.2) is 5.65 Å². The number of nitrogens with one attached hydrogen (secondary N) is 1. The van der Waals surface area contributed by atoms with Crippen molar-refractivity contribution in [3.05, 3.63) is 36.0 Å². The van der Waals surface area contributed by atoms with Gasteiger partial charge in [0.1, 0.15) is 12.0 Å². The number of nitrogens with zero attached hydrogens (tertiary/aromatic N) is 6. The molecule has 0 bridgehead atoms. The van der Waals surface area contributed by atoms with Gasteiger partial charge in [-0.1, -0.05) is 6.07 Å². The molecule has 6 rings (SSSR count). The molecule has 2 aromatic heterocycles. The third kappa shape index (κ3) is 3.74. The fourth-order valence-electron chi connectivity index (χ4n) is 4.70. The largest absolute Gasteiger partial charge is 0.416 e. The molecule has 2 aliphatic heterocycles. The number of benzene rings is 1. The first-order valence-electron chi connectivity index (χ1n) is 11.3. The number of rotatable bonds is 5. The van der Waals surface area contributed by atoms with Crippen LogP contribution in [0.5, 0.6) is 0 Å². The van der Waals surface area contributed by atoms with E-state index in [9.17, 15) is 22.7 Å². The Morgan fingerprint density at radius 1 is 1.06 bits per heavy atom. The second-order valence-electron chi connectivity index (χ2n) is 9.29. The van der Waals surface area contributed by atoms with E-state index >= 15 is 0 Å².